The molecular formula is C25H36O. The van der Waals surface area contributed by atoms with E-state index in [0.29, 0.717) is 5.57 Å². The molecule has 0 aliphatic heterocycles. The molecule has 1 heteroatoms. The first-order valence-electron chi connectivity index (χ1n) is 9.73. The molecule has 0 heterocycles. The van der Waals surface area contributed by atoms with E-state index in [1.165, 1.54) is 35.1 Å². The fraction of sp³-hybridized carbons (Fsp3) is 0.480. The highest BCUT2D eigenvalue weighted by Crippen LogP contribution is 2.40. The summed E-state index contributed by atoms with van der Waals surface area (Å²) in [6, 6.07) is 0. The van der Waals surface area contributed by atoms with Gasteiger partial charge in [-0.2, -0.15) is 0 Å². The molecule has 1 aliphatic carbocycles. The Morgan fingerprint density at radius 2 is 1.88 bits per heavy atom. The van der Waals surface area contributed by atoms with Gasteiger partial charge < -0.3 is 0 Å². The van der Waals surface area contributed by atoms with Crippen LogP contribution in [0.5, 0.6) is 0 Å². The van der Waals surface area contributed by atoms with E-state index in [1.807, 2.05) is 18.2 Å². The second kappa shape index (κ2) is 10.3. The zero-order valence-electron chi connectivity index (χ0n) is 17.6. The largest absolute Gasteiger partial charge is 0.289 e. The van der Waals surface area contributed by atoms with Gasteiger partial charge in [0, 0.05) is 5.57 Å². The topological polar surface area (TPSA) is 17.1 Å². The summed E-state index contributed by atoms with van der Waals surface area (Å²) in [5, 5.41) is 0. The summed E-state index contributed by atoms with van der Waals surface area (Å²) in [7, 11) is 0. The highest BCUT2D eigenvalue weighted by molar-refractivity contribution is 6.06. The molecule has 0 atom stereocenters. The third kappa shape index (κ3) is 7.15. The molecule has 1 rings (SSSR count). The predicted octanol–water partition coefficient (Wildman–Crippen LogP) is 7.44. The van der Waals surface area contributed by atoms with Crippen LogP contribution in [0.2, 0.25) is 0 Å². The van der Waals surface area contributed by atoms with Crippen molar-refractivity contribution in [1.29, 1.82) is 0 Å². The molecule has 0 N–H and O–H groups in total. The second-order valence-corrected chi connectivity index (χ2v) is 8.29. The standard InChI is InChI=1S/C25H36O/c1-8-22(15-14-20(4)12-9-11-19(2)3)24(26)17-16-23-21(5)13-10-18-25(23,6)7/h8,11,14-17H,1,9-10,12-13,18H2,2-7H3/b17-16+,20-14+,22-15-. The van der Waals surface area contributed by atoms with Crippen LogP contribution in [-0.4, -0.2) is 5.78 Å². The molecule has 26 heavy (non-hydrogen) atoms. The highest BCUT2D eigenvalue weighted by Gasteiger charge is 2.26. The number of ketones is 1. The molecule has 0 radical (unpaired) electrons. The van der Waals surface area contributed by atoms with Crippen LogP contribution in [0.3, 0.4) is 0 Å². The smallest absolute Gasteiger partial charge is 0.185 e. The molecule has 0 amide bonds. The zero-order valence-corrected chi connectivity index (χ0v) is 17.6. The lowest BCUT2D eigenvalue weighted by Crippen LogP contribution is -2.19. The molecular weight excluding hydrogens is 316 g/mol. The Hall–Kier alpha value is -1.89. The molecule has 0 fully saturated rings. The van der Waals surface area contributed by atoms with E-state index in [0.717, 1.165) is 19.3 Å². The lowest BCUT2D eigenvalue weighted by molar-refractivity contribution is -0.111. The minimum atomic E-state index is 0.0232. The van der Waals surface area contributed by atoms with Gasteiger partial charge in [0.05, 0.1) is 0 Å². The van der Waals surface area contributed by atoms with E-state index >= 15 is 0 Å². The third-order valence-corrected chi connectivity index (χ3v) is 5.09. The van der Waals surface area contributed by atoms with E-state index in [2.05, 4.69) is 54.2 Å². The van der Waals surface area contributed by atoms with Crippen molar-refractivity contribution in [3.05, 3.63) is 70.9 Å². The van der Waals surface area contributed by atoms with Gasteiger partial charge in [-0.15, -0.1) is 0 Å². The van der Waals surface area contributed by atoms with Crippen molar-refractivity contribution < 1.29 is 4.79 Å². The monoisotopic (exact) mass is 352 g/mol. The molecule has 0 spiro atoms. The van der Waals surface area contributed by atoms with Crippen molar-refractivity contribution in [1.82, 2.24) is 0 Å². The molecule has 0 unspecified atom stereocenters. The van der Waals surface area contributed by atoms with Crippen LogP contribution in [0.1, 0.15) is 73.6 Å². The summed E-state index contributed by atoms with van der Waals surface area (Å²) < 4.78 is 0. The van der Waals surface area contributed by atoms with E-state index in [-0.39, 0.29) is 11.2 Å². The zero-order chi connectivity index (χ0) is 19.7. The van der Waals surface area contributed by atoms with Crippen LogP contribution in [0.4, 0.5) is 0 Å². The van der Waals surface area contributed by atoms with Crippen molar-refractivity contribution in [3.8, 4) is 0 Å². The fourth-order valence-electron chi connectivity index (χ4n) is 3.42. The van der Waals surface area contributed by atoms with Gasteiger partial charge in [-0.25, -0.2) is 0 Å². The van der Waals surface area contributed by atoms with Gasteiger partial charge in [-0.3, -0.25) is 4.79 Å². The lowest BCUT2D eigenvalue weighted by Gasteiger charge is -2.32. The van der Waals surface area contributed by atoms with Gasteiger partial charge >= 0.3 is 0 Å². The Balaban J connectivity index is 2.85. The Morgan fingerprint density at radius 1 is 1.19 bits per heavy atom. The number of allylic oxidation sites excluding steroid dienone is 11. The SMILES string of the molecule is C=C/C(=C/C=C(\C)CCC=C(C)C)C(=O)/C=C/C1=C(C)CCCC1(C)C. The number of rotatable bonds is 8. The first kappa shape index (κ1) is 22.2. The quantitative estimate of drug-likeness (QED) is 0.252. The summed E-state index contributed by atoms with van der Waals surface area (Å²) in [6.45, 7) is 16.9. The summed E-state index contributed by atoms with van der Waals surface area (Å²) in [4.78, 5) is 12.6. The molecule has 0 aromatic heterocycles. The summed E-state index contributed by atoms with van der Waals surface area (Å²) in [6.07, 6.45) is 17.2. The van der Waals surface area contributed by atoms with Crippen molar-refractivity contribution >= 4 is 5.78 Å². The van der Waals surface area contributed by atoms with Crippen LogP contribution in [0.15, 0.2) is 70.9 Å². The van der Waals surface area contributed by atoms with Gasteiger partial charge in [0.25, 0.3) is 0 Å². The van der Waals surface area contributed by atoms with Crippen molar-refractivity contribution in [2.24, 2.45) is 5.41 Å². The Labute approximate surface area is 161 Å². The molecule has 0 saturated heterocycles. The second-order valence-electron chi connectivity index (χ2n) is 8.29. The summed E-state index contributed by atoms with van der Waals surface area (Å²) >= 11 is 0. The molecule has 142 valence electrons. The number of hydrogen-bond acceptors (Lipinski definition) is 1. The Morgan fingerprint density at radius 3 is 2.46 bits per heavy atom. The van der Waals surface area contributed by atoms with E-state index in [1.54, 1.807) is 12.2 Å². The fourth-order valence-corrected chi connectivity index (χ4v) is 3.42. The molecule has 1 aliphatic rings. The molecule has 0 bridgehead atoms. The van der Waals surface area contributed by atoms with Crippen molar-refractivity contribution in [2.45, 2.75) is 73.6 Å². The van der Waals surface area contributed by atoms with Crippen LogP contribution in [0, 0.1) is 5.41 Å². The number of carbonyl (C=O) groups is 1. The van der Waals surface area contributed by atoms with Crippen LogP contribution in [0.25, 0.3) is 0 Å². The van der Waals surface area contributed by atoms with Gasteiger partial charge in [0.1, 0.15) is 0 Å². The summed E-state index contributed by atoms with van der Waals surface area (Å²) in [5.74, 6) is 0.0232. The van der Waals surface area contributed by atoms with Crippen LogP contribution < -0.4 is 0 Å². The summed E-state index contributed by atoms with van der Waals surface area (Å²) in [5.41, 5.74) is 6.13. The number of carbonyl (C=O) groups excluding carboxylic acids is 1. The van der Waals surface area contributed by atoms with E-state index < -0.39 is 0 Å². The first-order chi connectivity index (χ1) is 12.2. The first-order valence-corrected chi connectivity index (χ1v) is 9.73. The van der Waals surface area contributed by atoms with Gasteiger partial charge in [-0.05, 0) is 76.9 Å². The number of hydrogen-bond donors (Lipinski definition) is 0. The molecule has 1 nitrogen and oxygen atoms in total. The molecule has 0 saturated carbocycles. The average Bonchev–Trinajstić information content (AvgIpc) is 2.54. The molecule has 0 aromatic rings. The lowest BCUT2D eigenvalue weighted by atomic mass is 9.72. The minimum absolute atomic E-state index is 0.0232. The average molecular weight is 353 g/mol. The van der Waals surface area contributed by atoms with Gasteiger partial charge in [0.2, 0.25) is 0 Å². The maximum Gasteiger partial charge on any atom is 0.185 e. The normalized spacial score (nSPS) is 18.2. The highest BCUT2D eigenvalue weighted by atomic mass is 16.1. The third-order valence-electron chi connectivity index (χ3n) is 5.09. The van der Waals surface area contributed by atoms with Crippen LogP contribution >= 0.6 is 0 Å². The predicted molar refractivity (Wildman–Crippen MR) is 115 cm³/mol. The van der Waals surface area contributed by atoms with Gasteiger partial charge in [-0.1, -0.05) is 67.5 Å². The van der Waals surface area contributed by atoms with E-state index in [9.17, 15) is 4.79 Å². The van der Waals surface area contributed by atoms with Crippen LogP contribution in [-0.2, 0) is 4.79 Å². The Bertz CT molecular complexity index is 671. The Kier molecular flexibility index (Phi) is 8.78. The minimum Gasteiger partial charge on any atom is -0.289 e. The van der Waals surface area contributed by atoms with Gasteiger partial charge in [0.15, 0.2) is 5.78 Å². The maximum absolute atomic E-state index is 12.6. The van der Waals surface area contributed by atoms with Crippen molar-refractivity contribution in [3.63, 3.8) is 0 Å². The molecule has 0 aromatic carbocycles. The maximum atomic E-state index is 12.6. The van der Waals surface area contributed by atoms with E-state index in [4.69, 9.17) is 0 Å². The van der Waals surface area contributed by atoms with Crippen molar-refractivity contribution in [2.75, 3.05) is 0 Å².